The standard InChI is InChI=1S/C20H21FN2O2S/c1-2-22-11-12-23-20(24)19-15(14-7-3-5-9-17(14)25-19)13-26-18-10-6-4-8-16(18)21/h3-10,22H,2,11-13H2,1H3,(H,23,24). The van der Waals surface area contributed by atoms with Crippen LogP contribution in [0.4, 0.5) is 4.39 Å². The van der Waals surface area contributed by atoms with E-state index in [-0.39, 0.29) is 11.7 Å². The zero-order valence-corrected chi connectivity index (χ0v) is 15.4. The fraction of sp³-hybridized carbons (Fsp3) is 0.250. The van der Waals surface area contributed by atoms with Crippen LogP contribution in [-0.4, -0.2) is 25.5 Å². The molecule has 3 aromatic rings. The predicted octanol–water partition coefficient (Wildman–Crippen LogP) is 4.20. The minimum absolute atomic E-state index is 0.247. The first-order valence-electron chi connectivity index (χ1n) is 8.57. The number of amides is 1. The maximum Gasteiger partial charge on any atom is 0.287 e. The highest BCUT2D eigenvalue weighted by atomic mass is 32.2. The lowest BCUT2D eigenvalue weighted by Crippen LogP contribution is -2.31. The maximum atomic E-state index is 13.9. The fourth-order valence-electron chi connectivity index (χ4n) is 2.66. The molecule has 136 valence electrons. The number of furan rings is 1. The molecule has 0 bridgehead atoms. The van der Waals surface area contributed by atoms with Gasteiger partial charge in [-0.3, -0.25) is 4.79 Å². The Balaban J connectivity index is 1.82. The third-order valence-electron chi connectivity index (χ3n) is 3.95. The highest BCUT2D eigenvalue weighted by molar-refractivity contribution is 7.98. The van der Waals surface area contributed by atoms with Gasteiger partial charge in [0.05, 0.1) is 0 Å². The summed E-state index contributed by atoms with van der Waals surface area (Å²) in [5.41, 5.74) is 1.45. The second kappa shape index (κ2) is 8.87. The highest BCUT2D eigenvalue weighted by Crippen LogP contribution is 2.32. The summed E-state index contributed by atoms with van der Waals surface area (Å²) < 4.78 is 19.7. The molecule has 0 spiro atoms. The molecule has 0 fully saturated rings. The molecular weight excluding hydrogens is 351 g/mol. The predicted molar refractivity (Wildman–Crippen MR) is 103 cm³/mol. The summed E-state index contributed by atoms with van der Waals surface area (Å²) >= 11 is 1.36. The van der Waals surface area contributed by atoms with Crippen LogP contribution in [0.2, 0.25) is 0 Å². The van der Waals surface area contributed by atoms with Crippen molar-refractivity contribution in [1.29, 1.82) is 0 Å². The van der Waals surface area contributed by atoms with Crippen LogP contribution in [0.3, 0.4) is 0 Å². The van der Waals surface area contributed by atoms with Crippen LogP contribution in [0, 0.1) is 5.82 Å². The summed E-state index contributed by atoms with van der Waals surface area (Å²) in [6.07, 6.45) is 0. The molecule has 0 aliphatic carbocycles. The third-order valence-corrected chi connectivity index (χ3v) is 5.03. The van der Waals surface area contributed by atoms with E-state index in [1.165, 1.54) is 17.8 Å². The van der Waals surface area contributed by atoms with Gasteiger partial charge in [0.25, 0.3) is 5.91 Å². The van der Waals surface area contributed by atoms with Crippen LogP contribution in [0.1, 0.15) is 23.0 Å². The van der Waals surface area contributed by atoms with Gasteiger partial charge in [0.15, 0.2) is 5.76 Å². The molecule has 0 saturated carbocycles. The Morgan fingerprint density at radius 2 is 1.88 bits per heavy atom. The minimum atomic E-state index is -0.262. The van der Waals surface area contributed by atoms with Gasteiger partial charge in [0, 0.05) is 34.7 Å². The number of hydrogen-bond donors (Lipinski definition) is 2. The Morgan fingerprint density at radius 3 is 2.69 bits per heavy atom. The van der Waals surface area contributed by atoms with Crippen LogP contribution in [0.25, 0.3) is 11.0 Å². The summed E-state index contributed by atoms with van der Waals surface area (Å²) in [6, 6.07) is 14.2. The monoisotopic (exact) mass is 372 g/mol. The largest absolute Gasteiger partial charge is 0.451 e. The number of para-hydroxylation sites is 1. The van der Waals surface area contributed by atoms with Gasteiger partial charge in [-0.25, -0.2) is 4.39 Å². The molecule has 6 heteroatoms. The molecular formula is C20H21FN2O2S. The molecule has 1 heterocycles. The quantitative estimate of drug-likeness (QED) is 0.460. The second-order valence-electron chi connectivity index (χ2n) is 5.73. The van der Waals surface area contributed by atoms with Crippen molar-refractivity contribution in [2.24, 2.45) is 0 Å². The summed E-state index contributed by atoms with van der Waals surface area (Å²) in [5.74, 6) is 0.241. The van der Waals surface area contributed by atoms with E-state index < -0.39 is 0 Å². The van der Waals surface area contributed by atoms with Crippen LogP contribution < -0.4 is 10.6 Å². The maximum absolute atomic E-state index is 13.9. The SMILES string of the molecule is CCNCCNC(=O)c1oc2ccccc2c1CSc1ccccc1F. The van der Waals surface area contributed by atoms with E-state index in [1.54, 1.807) is 18.2 Å². The Kier molecular flexibility index (Phi) is 6.30. The van der Waals surface area contributed by atoms with Crippen LogP contribution >= 0.6 is 11.8 Å². The summed E-state index contributed by atoms with van der Waals surface area (Å²) in [4.78, 5) is 13.1. The second-order valence-corrected chi connectivity index (χ2v) is 6.75. The smallest absolute Gasteiger partial charge is 0.287 e. The van der Waals surface area contributed by atoms with Crippen molar-refractivity contribution in [2.45, 2.75) is 17.6 Å². The normalized spacial score (nSPS) is 11.0. The minimum Gasteiger partial charge on any atom is -0.451 e. The number of fused-ring (bicyclic) bond motifs is 1. The van der Waals surface area contributed by atoms with Crippen molar-refractivity contribution in [2.75, 3.05) is 19.6 Å². The topological polar surface area (TPSA) is 54.3 Å². The van der Waals surface area contributed by atoms with Crippen LogP contribution in [0.15, 0.2) is 57.8 Å². The van der Waals surface area contributed by atoms with Gasteiger partial charge in [-0.1, -0.05) is 37.3 Å². The van der Waals surface area contributed by atoms with Crippen molar-refractivity contribution in [3.8, 4) is 0 Å². The lowest BCUT2D eigenvalue weighted by atomic mass is 10.1. The number of hydrogen-bond acceptors (Lipinski definition) is 4. The van der Waals surface area contributed by atoms with Gasteiger partial charge in [-0.05, 0) is 24.7 Å². The van der Waals surface area contributed by atoms with Crippen LogP contribution in [0.5, 0.6) is 0 Å². The van der Waals surface area contributed by atoms with E-state index >= 15 is 0 Å². The van der Waals surface area contributed by atoms with E-state index in [2.05, 4.69) is 10.6 Å². The van der Waals surface area contributed by atoms with Crippen molar-refractivity contribution in [3.05, 3.63) is 65.7 Å². The average Bonchev–Trinajstić information content (AvgIpc) is 3.03. The third kappa shape index (κ3) is 4.26. The molecule has 0 saturated heterocycles. The number of nitrogens with one attached hydrogen (secondary N) is 2. The number of benzene rings is 2. The molecule has 2 N–H and O–H groups in total. The first kappa shape index (κ1) is 18.5. The average molecular weight is 372 g/mol. The van der Waals surface area contributed by atoms with Gasteiger partial charge >= 0.3 is 0 Å². The van der Waals surface area contributed by atoms with Gasteiger partial charge in [0.1, 0.15) is 11.4 Å². The molecule has 0 unspecified atom stereocenters. The number of carbonyl (C=O) groups excluding carboxylic acids is 1. The van der Waals surface area contributed by atoms with E-state index in [9.17, 15) is 9.18 Å². The Labute approximate surface area is 156 Å². The Morgan fingerprint density at radius 1 is 1.12 bits per heavy atom. The molecule has 26 heavy (non-hydrogen) atoms. The van der Waals surface area contributed by atoms with Gasteiger partial charge in [-0.15, -0.1) is 11.8 Å². The lowest BCUT2D eigenvalue weighted by molar-refractivity contribution is 0.0927. The number of halogens is 1. The van der Waals surface area contributed by atoms with Gasteiger partial charge in [-0.2, -0.15) is 0 Å². The molecule has 1 amide bonds. The first-order valence-corrected chi connectivity index (χ1v) is 9.56. The summed E-state index contributed by atoms with van der Waals surface area (Å²) in [5, 5.41) is 6.91. The van der Waals surface area contributed by atoms with Crippen molar-refractivity contribution < 1.29 is 13.6 Å². The molecule has 0 radical (unpaired) electrons. The molecule has 2 aromatic carbocycles. The Bertz CT molecular complexity index is 894. The summed E-state index contributed by atoms with van der Waals surface area (Å²) in [7, 11) is 0. The van der Waals surface area contributed by atoms with E-state index in [0.29, 0.717) is 35.1 Å². The van der Waals surface area contributed by atoms with E-state index in [0.717, 1.165) is 17.5 Å². The lowest BCUT2D eigenvalue weighted by Gasteiger charge is -2.06. The van der Waals surface area contributed by atoms with Crippen molar-refractivity contribution in [1.82, 2.24) is 10.6 Å². The number of likely N-dealkylation sites (N-methyl/N-ethyl adjacent to an activating group) is 1. The van der Waals surface area contributed by atoms with Crippen molar-refractivity contribution >= 4 is 28.6 Å². The van der Waals surface area contributed by atoms with E-state index in [1.807, 2.05) is 31.2 Å². The molecule has 1 aromatic heterocycles. The molecule has 4 nitrogen and oxygen atoms in total. The number of carbonyl (C=O) groups is 1. The molecule has 0 aliphatic rings. The Hall–Kier alpha value is -2.31. The first-order chi connectivity index (χ1) is 12.7. The molecule has 3 rings (SSSR count). The zero-order chi connectivity index (χ0) is 18.4. The van der Waals surface area contributed by atoms with E-state index in [4.69, 9.17) is 4.42 Å². The molecule has 0 aliphatic heterocycles. The highest BCUT2D eigenvalue weighted by Gasteiger charge is 2.20. The fourth-order valence-corrected chi connectivity index (χ4v) is 3.63. The van der Waals surface area contributed by atoms with Crippen molar-refractivity contribution in [3.63, 3.8) is 0 Å². The van der Waals surface area contributed by atoms with Gasteiger partial charge in [0.2, 0.25) is 0 Å². The summed E-state index contributed by atoms with van der Waals surface area (Å²) in [6.45, 7) is 4.08. The zero-order valence-electron chi connectivity index (χ0n) is 14.5. The molecule has 0 atom stereocenters. The van der Waals surface area contributed by atoms with Gasteiger partial charge < -0.3 is 15.1 Å². The number of rotatable bonds is 8. The number of thioether (sulfide) groups is 1. The van der Waals surface area contributed by atoms with Crippen LogP contribution in [-0.2, 0) is 5.75 Å².